The Morgan fingerprint density at radius 2 is 1.84 bits per heavy atom. The van der Waals surface area contributed by atoms with Gasteiger partial charge in [-0.25, -0.2) is 13.6 Å². The monoisotopic (exact) mass is 692 g/mol. The molecule has 266 valence electrons. The quantitative estimate of drug-likeness (QED) is 0.299. The molecule has 3 heterocycles. The molecule has 0 saturated carbocycles. The Morgan fingerprint density at radius 1 is 1.08 bits per heavy atom. The summed E-state index contributed by atoms with van der Waals surface area (Å²) in [6.45, 7) is 8.08. The minimum atomic E-state index is -3.15. The van der Waals surface area contributed by atoms with Gasteiger partial charge in [0.2, 0.25) is 5.91 Å². The fourth-order valence-corrected chi connectivity index (χ4v) is 6.00. The fourth-order valence-electron chi connectivity index (χ4n) is 6.00. The van der Waals surface area contributed by atoms with Gasteiger partial charge in [-0.2, -0.15) is 5.26 Å². The molecule has 3 amide bonds. The van der Waals surface area contributed by atoms with Crippen molar-refractivity contribution in [2.45, 2.75) is 51.2 Å². The largest absolute Gasteiger partial charge is 0.497 e. The third-order valence-electron chi connectivity index (χ3n) is 8.53. The number of carbonyl (C=O) groups excluding carboxylic acids is 3. The van der Waals surface area contributed by atoms with Gasteiger partial charge >= 0.3 is 6.09 Å². The van der Waals surface area contributed by atoms with Gasteiger partial charge in [-0.05, 0) is 63.1 Å². The van der Waals surface area contributed by atoms with Crippen LogP contribution in [0.3, 0.4) is 0 Å². The van der Waals surface area contributed by atoms with Crippen molar-refractivity contribution in [1.82, 2.24) is 25.0 Å². The topological polar surface area (TPSA) is 137 Å². The van der Waals surface area contributed by atoms with E-state index in [1.807, 2.05) is 45.0 Å². The van der Waals surface area contributed by atoms with E-state index in [2.05, 4.69) is 15.2 Å². The van der Waals surface area contributed by atoms with Gasteiger partial charge in [0.05, 0.1) is 44.0 Å². The van der Waals surface area contributed by atoms with Crippen LogP contribution >= 0.6 is 0 Å². The number of hydrogen-bond acceptors (Lipinski definition) is 9. The number of halogens is 2. The third-order valence-corrected chi connectivity index (χ3v) is 8.53. The first kappa shape index (κ1) is 36.3. The number of nitriles is 1. The van der Waals surface area contributed by atoms with Crippen LogP contribution in [-0.2, 0) is 9.53 Å². The minimum Gasteiger partial charge on any atom is -0.497 e. The summed E-state index contributed by atoms with van der Waals surface area (Å²) in [5, 5.41) is 12.3. The van der Waals surface area contributed by atoms with Crippen molar-refractivity contribution in [3.63, 3.8) is 0 Å². The van der Waals surface area contributed by atoms with Gasteiger partial charge in [0, 0.05) is 62.4 Å². The van der Waals surface area contributed by atoms with Crippen LogP contribution in [0.15, 0.2) is 48.7 Å². The van der Waals surface area contributed by atoms with Gasteiger partial charge < -0.3 is 29.3 Å². The van der Waals surface area contributed by atoms with E-state index in [0.717, 1.165) is 42.1 Å². The van der Waals surface area contributed by atoms with Gasteiger partial charge in [0.1, 0.15) is 23.1 Å². The molecule has 0 bridgehead atoms. The number of rotatable bonds is 10. The number of amides is 3. The van der Waals surface area contributed by atoms with Crippen LogP contribution in [-0.4, -0.2) is 115 Å². The molecule has 1 atom stereocenters. The SMILES string of the molecule is COc1ccc(-c2ccc3nccc(C(=O)NCC(=O)N4CC(F)(F)C[C@H]4C#N)c3c2)c(OCCCN2CCN(C(=O)OC(C)(C)C)CC2)c1. The molecule has 12 nitrogen and oxygen atoms in total. The Morgan fingerprint density at radius 3 is 2.54 bits per heavy atom. The molecule has 2 aromatic carbocycles. The number of ether oxygens (including phenoxy) is 3. The molecule has 0 aliphatic carbocycles. The van der Waals surface area contributed by atoms with Gasteiger partial charge in [0.15, 0.2) is 0 Å². The summed E-state index contributed by atoms with van der Waals surface area (Å²) in [6.07, 6.45) is 1.20. The number of benzene rings is 2. The molecule has 1 aromatic heterocycles. The predicted octanol–water partition coefficient (Wildman–Crippen LogP) is 4.72. The Kier molecular flexibility index (Phi) is 11.1. The molecule has 0 unspecified atom stereocenters. The van der Waals surface area contributed by atoms with Crippen molar-refractivity contribution in [3.8, 4) is 28.7 Å². The molecule has 2 aliphatic rings. The number of nitrogens with zero attached hydrogens (tertiary/aromatic N) is 5. The lowest BCUT2D eigenvalue weighted by Crippen LogP contribution is -2.50. The summed E-state index contributed by atoms with van der Waals surface area (Å²) in [5.74, 6) is -3.29. The number of alkyl halides is 2. The van der Waals surface area contributed by atoms with E-state index in [-0.39, 0.29) is 11.7 Å². The van der Waals surface area contributed by atoms with Crippen molar-refractivity contribution in [1.29, 1.82) is 5.26 Å². The zero-order valence-electron chi connectivity index (χ0n) is 28.7. The highest BCUT2D eigenvalue weighted by molar-refractivity contribution is 6.07. The van der Waals surface area contributed by atoms with Crippen LogP contribution in [0.5, 0.6) is 11.5 Å². The number of nitrogens with one attached hydrogen (secondary N) is 1. The lowest BCUT2D eigenvalue weighted by atomic mass is 9.99. The van der Waals surface area contributed by atoms with Crippen molar-refractivity contribution in [3.05, 3.63) is 54.2 Å². The number of likely N-dealkylation sites (tertiary alicyclic amines) is 1. The van der Waals surface area contributed by atoms with Gasteiger partial charge in [-0.15, -0.1) is 0 Å². The molecule has 50 heavy (non-hydrogen) atoms. The molecule has 0 radical (unpaired) electrons. The Balaban J connectivity index is 1.23. The van der Waals surface area contributed by atoms with Crippen LogP contribution in [0.2, 0.25) is 0 Å². The first-order chi connectivity index (χ1) is 23.8. The molecule has 2 saturated heterocycles. The fraction of sp³-hybridized carbons (Fsp3) is 0.472. The molecule has 1 N–H and O–H groups in total. The zero-order valence-corrected chi connectivity index (χ0v) is 28.7. The highest BCUT2D eigenvalue weighted by atomic mass is 19.3. The van der Waals surface area contributed by atoms with Gasteiger partial charge in [0.25, 0.3) is 11.8 Å². The van der Waals surface area contributed by atoms with E-state index >= 15 is 0 Å². The van der Waals surface area contributed by atoms with Crippen LogP contribution in [0.25, 0.3) is 22.0 Å². The first-order valence-electron chi connectivity index (χ1n) is 16.5. The number of pyridine rings is 1. The van der Waals surface area contributed by atoms with Crippen molar-refractivity contribution in [2.24, 2.45) is 0 Å². The lowest BCUT2D eigenvalue weighted by molar-refractivity contribution is -0.131. The number of fused-ring (bicyclic) bond motifs is 1. The van der Waals surface area contributed by atoms with Crippen molar-refractivity contribution < 1.29 is 37.4 Å². The molecule has 0 spiro atoms. The van der Waals surface area contributed by atoms with Crippen molar-refractivity contribution in [2.75, 3.05) is 59.5 Å². The van der Waals surface area contributed by atoms with Gasteiger partial charge in [-0.3, -0.25) is 19.5 Å². The molecule has 5 rings (SSSR count). The maximum atomic E-state index is 13.8. The van der Waals surface area contributed by atoms with E-state index in [0.29, 0.717) is 42.1 Å². The molecule has 2 aliphatic heterocycles. The van der Waals surface area contributed by atoms with E-state index in [4.69, 9.17) is 14.2 Å². The smallest absolute Gasteiger partial charge is 0.410 e. The maximum Gasteiger partial charge on any atom is 0.410 e. The summed E-state index contributed by atoms with van der Waals surface area (Å²) < 4.78 is 44.9. The standard InChI is InChI=1S/C36H42F2N6O6/c1-35(2,3)50-34(47)43-15-13-42(14-16-43)12-5-17-49-31-19-26(48-4)7-8-27(31)24-6-9-30-29(18-24)28(10-11-40-30)33(46)41-22-32(45)44-23-36(37,38)20-25(44)21-39/h6-11,18-19,25H,5,12-17,20,22-23H2,1-4H3,(H,41,46)/t25-/m0/s1. The summed E-state index contributed by atoms with van der Waals surface area (Å²) in [5.41, 5.74) is 1.77. The molecular weight excluding hydrogens is 650 g/mol. The summed E-state index contributed by atoms with van der Waals surface area (Å²) >= 11 is 0. The third kappa shape index (κ3) is 8.95. The number of carbonyl (C=O) groups is 3. The molecule has 14 heteroatoms. The van der Waals surface area contributed by atoms with E-state index in [1.54, 1.807) is 30.2 Å². The number of aromatic nitrogens is 1. The summed E-state index contributed by atoms with van der Waals surface area (Å²) in [7, 11) is 1.57. The second-order valence-electron chi connectivity index (χ2n) is 13.4. The predicted molar refractivity (Wildman–Crippen MR) is 181 cm³/mol. The molecule has 2 fully saturated rings. The summed E-state index contributed by atoms with van der Waals surface area (Å²) in [6, 6.07) is 13.0. The Labute approximate surface area is 289 Å². The van der Waals surface area contributed by atoms with Crippen LogP contribution < -0.4 is 14.8 Å². The minimum absolute atomic E-state index is 0.246. The number of piperazine rings is 1. The molecular formula is C36H42F2N6O6. The average Bonchev–Trinajstić information content (AvgIpc) is 3.42. The first-order valence-corrected chi connectivity index (χ1v) is 16.5. The molecule has 3 aromatic rings. The van der Waals surface area contributed by atoms with Crippen molar-refractivity contribution >= 4 is 28.8 Å². The van der Waals surface area contributed by atoms with E-state index in [1.165, 1.54) is 12.3 Å². The van der Waals surface area contributed by atoms with Gasteiger partial charge in [-0.1, -0.05) is 6.07 Å². The lowest BCUT2D eigenvalue weighted by Gasteiger charge is -2.35. The van der Waals surface area contributed by atoms with Crippen LogP contribution in [0.1, 0.15) is 44.0 Å². The Bertz CT molecular complexity index is 1770. The number of hydrogen-bond donors (Lipinski definition) is 1. The summed E-state index contributed by atoms with van der Waals surface area (Å²) in [4.78, 5) is 47.5. The highest BCUT2D eigenvalue weighted by Crippen LogP contribution is 2.36. The second kappa shape index (κ2) is 15.2. The number of methoxy groups -OCH3 is 1. The Hall–Kier alpha value is -5.03. The maximum absolute atomic E-state index is 13.8. The average molecular weight is 693 g/mol. The van der Waals surface area contributed by atoms with Crippen LogP contribution in [0.4, 0.5) is 13.6 Å². The highest BCUT2D eigenvalue weighted by Gasteiger charge is 2.47. The van der Waals surface area contributed by atoms with E-state index < -0.39 is 48.9 Å². The second-order valence-corrected chi connectivity index (χ2v) is 13.4. The zero-order chi connectivity index (χ0) is 36.1. The normalized spacial score (nSPS) is 17.7. The van der Waals surface area contributed by atoms with Crippen LogP contribution in [0, 0.1) is 11.3 Å². The van der Waals surface area contributed by atoms with E-state index in [9.17, 15) is 28.4 Å².